The number of carbonyl (C=O) groups is 2. The van der Waals surface area contributed by atoms with Gasteiger partial charge in [0.2, 0.25) is 0 Å². The van der Waals surface area contributed by atoms with E-state index < -0.39 is 0 Å². The topological polar surface area (TPSA) is 46.6 Å². The second-order valence-corrected chi connectivity index (χ2v) is 3.62. The van der Waals surface area contributed by atoms with Gasteiger partial charge in [-0.15, -0.1) is 0 Å². The maximum atomic E-state index is 11.4. The fourth-order valence-corrected chi connectivity index (χ4v) is 2.34. The maximum Gasteiger partial charge on any atom is 0.310 e. The van der Waals surface area contributed by atoms with Crippen LogP contribution in [0.2, 0.25) is 0 Å². The number of nitrogens with zero attached hydrogens (tertiary/aromatic N) is 1. The third-order valence-electron chi connectivity index (χ3n) is 2.98. The lowest BCUT2D eigenvalue weighted by atomic mass is 9.98. The molecule has 0 aromatic heterocycles. The average molecular weight is 183 g/mol. The molecular formula is C9H13NO3. The molecule has 2 aliphatic rings. The van der Waals surface area contributed by atoms with E-state index in [1.54, 1.807) is 0 Å². The summed E-state index contributed by atoms with van der Waals surface area (Å²) >= 11 is 0. The third kappa shape index (κ3) is 1.25. The van der Waals surface area contributed by atoms with Crippen LogP contribution in [0.5, 0.6) is 0 Å². The quantitative estimate of drug-likeness (QED) is 0.529. The van der Waals surface area contributed by atoms with Crippen molar-refractivity contribution in [1.29, 1.82) is 0 Å². The number of fused-ring (bicyclic) bond motifs is 1. The summed E-state index contributed by atoms with van der Waals surface area (Å²) in [6, 6.07) is -0.174. The van der Waals surface area contributed by atoms with Crippen molar-refractivity contribution in [2.75, 3.05) is 20.2 Å². The van der Waals surface area contributed by atoms with Crippen molar-refractivity contribution in [3.8, 4) is 0 Å². The number of Topliss-reactive ketones (excluding diaryl/α,β-unsaturated/α-hetero) is 1. The smallest absolute Gasteiger partial charge is 0.310 e. The lowest BCUT2D eigenvalue weighted by molar-refractivity contribution is -0.147. The first-order chi connectivity index (χ1) is 6.24. The molecule has 0 bridgehead atoms. The molecule has 0 saturated carbocycles. The van der Waals surface area contributed by atoms with Gasteiger partial charge in [0.15, 0.2) is 5.78 Å². The first kappa shape index (κ1) is 8.69. The molecule has 0 aliphatic carbocycles. The largest absolute Gasteiger partial charge is 0.469 e. The molecule has 0 unspecified atom stereocenters. The van der Waals surface area contributed by atoms with Gasteiger partial charge in [-0.05, 0) is 13.0 Å². The maximum absolute atomic E-state index is 11.4. The first-order valence-electron chi connectivity index (χ1n) is 4.58. The number of carbonyl (C=O) groups excluding carboxylic acids is 2. The van der Waals surface area contributed by atoms with Crippen molar-refractivity contribution in [3.05, 3.63) is 0 Å². The monoisotopic (exact) mass is 183 g/mol. The van der Waals surface area contributed by atoms with Gasteiger partial charge in [0.1, 0.15) is 0 Å². The highest BCUT2D eigenvalue weighted by Gasteiger charge is 2.46. The van der Waals surface area contributed by atoms with Crippen LogP contribution in [0.1, 0.15) is 12.8 Å². The molecule has 2 aliphatic heterocycles. The molecule has 0 spiro atoms. The summed E-state index contributed by atoms with van der Waals surface area (Å²) in [4.78, 5) is 24.8. The molecule has 2 fully saturated rings. The molecule has 0 radical (unpaired) electrons. The molecule has 0 amide bonds. The van der Waals surface area contributed by atoms with Crippen molar-refractivity contribution in [2.24, 2.45) is 5.92 Å². The lowest BCUT2D eigenvalue weighted by Crippen LogP contribution is -2.35. The van der Waals surface area contributed by atoms with E-state index in [1.165, 1.54) is 7.11 Å². The Labute approximate surface area is 76.8 Å². The zero-order valence-corrected chi connectivity index (χ0v) is 7.66. The van der Waals surface area contributed by atoms with Crippen LogP contribution >= 0.6 is 0 Å². The molecule has 2 saturated heterocycles. The number of ether oxygens (including phenoxy) is 1. The molecule has 13 heavy (non-hydrogen) atoms. The number of esters is 1. The van der Waals surface area contributed by atoms with Gasteiger partial charge < -0.3 is 4.74 Å². The van der Waals surface area contributed by atoms with Crippen LogP contribution < -0.4 is 0 Å². The Bertz CT molecular complexity index is 251. The highest BCUT2D eigenvalue weighted by atomic mass is 16.5. The van der Waals surface area contributed by atoms with E-state index in [-0.39, 0.29) is 23.7 Å². The standard InChI is InChI=1S/C9H13NO3/c1-13-9(12)6-2-4-10-5-3-7(11)8(6)10/h6,8H,2-5H2,1H3/t6-,8+/m0/s1. The zero-order chi connectivity index (χ0) is 9.42. The fourth-order valence-electron chi connectivity index (χ4n) is 2.34. The molecule has 2 atom stereocenters. The Balaban J connectivity index is 2.14. The Morgan fingerprint density at radius 2 is 2.31 bits per heavy atom. The van der Waals surface area contributed by atoms with Gasteiger partial charge in [-0.25, -0.2) is 0 Å². The SMILES string of the molecule is COC(=O)[C@H]1CCN2CCC(=O)[C@@H]12. The van der Waals surface area contributed by atoms with Crippen molar-refractivity contribution >= 4 is 11.8 Å². The lowest BCUT2D eigenvalue weighted by Gasteiger charge is -2.16. The molecule has 0 N–H and O–H groups in total. The summed E-state index contributed by atoms with van der Waals surface area (Å²) < 4.78 is 4.67. The molecule has 72 valence electrons. The Kier molecular flexibility index (Phi) is 2.07. The highest BCUT2D eigenvalue weighted by molar-refractivity contribution is 5.92. The van der Waals surface area contributed by atoms with E-state index in [0.717, 1.165) is 19.5 Å². The van der Waals surface area contributed by atoms with Gasteiger partial charge in [-0.3, -0.25) is 14.5 Å². The number of ketones is 1. The van der Waals surface area contributed by atoms with Gasteiger partial charge in [-0.1, -0.05) is 0 Å². The molecule has 0 aromatic carbocycles. The van der Waals surface area contributed by atoms with Gasteiger partial charge in [0, 0.05) is 13.0 Å². The molecule has 4 heteroatoms. The Hall–Kier alpha value is -0.900. The number of rotatable bonds is 1. The van der Waals surface area contributed by atoms with Crippen LogP contribution in [0.15, 0.2) is 0 Å². The second-order valence-electron chi connectivity index (χ2n) is 3.62. The number of hydrogen-bond acceptors (Lipinski definition) is 4. The fraction of sp³-hybridized carbons (Fsp3) is 0.778. The molecule has 2 rings (SSSR count). The van der Waals surface area contributed by atoms with Crippen molar-refractivity contribution < 1.29 is 14.3 Å². The van der Waals surface area contributed by atoms with E-state index in [9.17, 15) is 9.59 Å². The molecule has 0 aromatic rings. The normalized spacial score (nSPS) is 33.5. The minimum atomic E-state index is -0.234. The Morgan fingerprint density at radius 3 is 3.00 bits per heavy atom. The highest BCUT2D eigenvalue weighted by Crippen LogP contribution is 2.31. The second kappa shape index (κ2) is 3.10. The summed E-state index contributed by atoms with van der Waals surface area (Å²) in [5.74, 6) is -0.240. The minimum absolute atomic E-state index is 0.174. The van der Waals surface area contributed by atoms with E-state index >= 15 is 0 Å². The molecular weight excluding hydrogens is 170 g/mol. The van der Waals surface area contributed by atoms with Gasteiger partial charge in [-0.2, -0.15) is 0 Å². The summed E-state index contributed by atoms with van der Waals surface area (Å²) in [5, 5.41) is 0. The van der Waals surface area contributed by atoms with Crippen molar-refractivity contribution in [2.45, 2.75) is 18.9 Å². The van der Waals surface area contributed by atoms with Crippen LogP contribution in [0.25, 0.3) is 0 Å². The summed E-state index contributed by atoms with van der Waals surface area (Å²) in [6.07, 6.45) is 1.36. The van der Waals surface area contributed by atoms with E-state index in [0.29, 0.717) is 6.42 Å². The van der Waals surface area contributed by atoms with Crippen LogP contribution in [0, 0.1) is 5.92 Å². The number of hydrogen-bond donors (Lipinski definition) is 0. The van der Waals surface area contributed by atoms with Crippen molar-refractivity contribution in [3.63, 3.8) is 0 Å². The zero-order valence-electron chi connectivity index (χ0n) is 7.66. The van der Waals surface area contributed by atoms with Crippen LogP contribution in [-0.4, -0.2) is 42.9 Å². The first-order valence-corrected chi connectivity index (χ1v) is 4.58. The summed E-state index contributed by atoms with van der Waals surface area (Å²) in [5.41, 5.74) is 0. The Morgan fingerprint density at radius 1 is 1.54 bits per heavy atom. The van der Waals surface area contributed by atoms with Crippen molar-refractivity contribution in [1.82, 2.24) is 4.90 Å². The summed E-state index contributed by atoms with van der Waals surface area (Å²) in [6.45, 7) is 1.67. The van der Waals surface area contributed by atoms with E-state index in [4.69, 9.17) is 0 Å². The minimum Gasteiger partial charge on any atom is -0.469 e. The predicted octanol–water partition coefficient (Wildman–Crippen LogP) is -0.177. The van der Waals surface area contributed by atoms with Crippen LogP contribution in [0.4, 0.5) is 0 Å². The third-order valence-corrected chi connectivity index (χ3v) is 2.98. The van der Waals surface area contributed by atoms with Crippen LogP contribution in [-0.2, 0) is 14.3 Å². The van der Waals surface area contributed by atoms with E-state index in [2.05, 4.69) is 9.64 Å². The summed E-state index contributed by atoms with van der Waals surface area (Å²) in [7, 11) is 1.38. The van der Waals surface area contributed by atoms with Crippen LogP contribution in [0.3, 0.4) is 0 Å². The van der Waals surface area contributed by atoms with Gasteiger partial charge >= 0.3 is 5.97 Å². The average Bonchev–Trinajstić information content (AvgIpc) is 2.68. The predicted molar refractivity (Wildman–Crippen MR) is 45.1 cm³/mol. The van der Waals surface area contributed by atoms with Gasteiger partial charge in [0.05, 0.1) is 19.1 Å². The molecule has 2 heterocycles. The van der Waals surface area contributed by atoms with Gasteiger partial charge in [0.25, 0.3) is 0 Å². The number of methoxy groups -OCH3 is 1. The molecule has 4 nitrogen and oxygen atoms in total. The van der Waals surface area contributed by atoms with E-state index in [1.807, 2.05) is 0 Å².